The minimum absolute atomic E-state index is 1.01. The first kappa shape index (κ1) is 8.20. The van der Waals surface area contributed by atoms with Crippen LogP contribution in [0, 0.1) is 0 Å². The van der Waals surface area contributed by atoms with Gasteiger partial charge in [0, 0.05) is 11.5 Å². The van der Waals surface area contributed by atoms with Crippen LogP contribution in [0.15, 0.2) is 48.7 Å². The van der Waals surface area contributed by atoms with E-state index < -0.39 is 0 Å². The maximum absolute atomic E-state index is 4.23. The topological polar surface area (TPSA) is 12.9 Å². The Kier molecular flexibility index (Phi) is 2.23. The van der Waals surface area contributed by atoms with Crippen molar-refractivity contribution in [2.24, 2.45) is 0 Å². The van der Waals surface area contributed by atoms with Crippen LogP contribution >= 0.6 is 0 Å². The Labute approximate surface area is 80.9 Å². The van der Waals surface area contributed by atoms with E-state index in [9.17, 15) is 0 Å². The Hall–Kier alpha value is -1.41. The number of hydrogen-bond donors (Lipinski definition) is 0. The van der Waals surface area contributed by atoms with Gasteiger partial charge in [-0.3, -0.25) is 4.98 Å². The molecule has 0 fully saturated rings. The predicted molar refractivity (Wildman–Crippen MR) is 59.2 cm³/mol. The van der Waals surface area contributed by atoms with Gasteiger partial charge < -0.3 is 0 Å². The van der Waals surface area contributed by atoms with Gasteiger partial charge >= 0.3 is 0 Å². The molecule has 2 aromatic rings. The Morgan fingerprint density at radius 2 is 1.69 bits per heavy atom. The van der Waals surface area contributed by atoms with Crippen molar-refractivity contribution in [1.29, 1.82) is 0 Å². The summed E-state index contributed by atoms with van der Waals surface area (Å²) in [4.78, 5) is 4.23. The molecular weight excluding hydrogens is 174 g/mol. The normalized spacial score (nSPS) is 10.2. The molecule has 0 saturated heterocycles. The first-order valence-corrected chi connectivity index (χ1v) is 5.34. The van der Waals surface area contributed by atoms with E-state index in [-0.39, 0.29) is 0 Å². The van der Waals surface area contributed by atoms with Gasteiger partial charge in [0.05, 0.1) is 10.2 Å². The van der Waals surface area contributed by atoms with E-state index in [4.69, 9.17) is 0 Å². The van der Waals surface area contributed by atoms with Gasteiger partial charge in [0.2, 0.25) is 0 Å². The van der Waals surface area contributed by atoms with Gasteiger partial charge in [0.1, 0.15) is 0 Å². The fourth-order valence-corrected chi connectivity index (χ4v) is 1.82. The Bertz CT molecular complexity index is 398. The van der Waals surface area contributed by atoms with Crippen LogP contribution in [0.5, 0.6) is 0 Å². The molecule has 0 N–H and O–H groups in total. The predicted octanol–water partition coefficient (Wildman–Crippen LogP) is 0.739. The Morgan fingerprint density at radius 3 is 2.38 bits per heavy atom. The van der Waals surface area contributed by atoms with Crippen molar-refractivity contribution in [3.8, 4) is 11.1 Å². The average molecular weight is 185 g/mol. The van der Waals surface area contributed by atoms with Crippen molar-refractivity contribution in [2.75, 3.05) is 0 Å². The van der Waals surface area contributed by atoms with Gasteiger partial charge in [-0.25, -0.2) is 0 Å². The lowest BCUT2D eigenvalue weighted by Crippen LogP contribution is -2.06. The lowest BCUT2D eigenvalue weighted by molar-refractivity contribution is 1.39. The quantitative estimate of drug-likeness (QED) is 0.597. The average Bonchev–Trinajstić information content (AvgIpc) is 2.19. The lowest BCUT2D eigenvalue weighted by atomic mass is 10.1. The SMILES string of the molecule is [SiH3]c1cc(-c2ccccc2)ccn1. The summed E-state index contributed by atoms with van der Waals surface area (Å²) >= 11 is 0. The van der Waals surface area contributed by atoms with Crippen LogP contribution in [-0.2, 0) is 0 Å². The highest BCUT2D eigenvalue weighted by atomic mass is 28.1. The van der Waals surface area contributed by atoms with Crippen LogP contribution in [-0.4, -0.2) is 15.2 Å². The molecule has 13 heavy (non-hydrogen) atoms. The second-order valence-corrected chi connectivity index (χ2v) is 4.08. The van der Waals surface area contributed by atoms with E-state index in [2.05, 4.69) is 41.4 Å². The molecular formula is C11H11NSi. The van der Waals surface area contributed by atoms with E-state index in [0.717, 1.165) is 10.2 Å². The van der Waals surface area contributed by atoms with Crippen LogP contribution in [0.3, 0.4) is 0 Å². The third-order valence-corrected chi connectivity index (χ3v) is 2.55. The van der Waals surface area contributed by atoms with Crippen LogP contribution in [0.4, 0.5) is 0 Å². The van der Waals surface area contributed by atoms with Gasteiger partial charge in [-0.2, -0.15) is 0 Å². The van der Waals surface area contributed by atoms with E-state index in [1.165, 1.54) is 16.4 Å². The van der Waals surface area contributed by atoms with E-state index in [1.54, 1.807) is 0 Å². The molecule has 0 aliphatic carbocycles. The van der Waals surface area contributed by atoms with Gasteiger partial charge in [-0.05, 0) is 23.3 Å². The second-order valence-electron chi connectivity index (χ2n) is 3.05. The molecule has 0 radical (unpaired) electrons. The molecule has 0 amide bonds. The van der Waals surface area contributed by atoms with Crippen molar-refractivity contribution >= 4 is 15.6 Å². The Morgan fingerprint density at radius 1 is 0.923 bits per heavy atom. The largest absolute Gasteiger partial charge is 0.267 e. The molecule has 0 saturated carbocycles. The molecule has 0 unspecified atom stereocenters. The molecule has 0 atom stereocenters. The summed E-state index contributed by atoms with van der Waals surface area (Å²) in [5.41, 5.74) is 2.53. The number of aromatic nitrogens is 1. The summed E-state index contributed by atoms with van der Waals surface area (Å²) in [6, 6.07) is 14.6. The van der Waals surface area contributed by atoms with Crippen LogP contribution in [0.2, 0.25) is 0 Å². The van der Waals surface area contributed by atoms with Gasteiger partial charge in [0.15, 0.2) is 0 Å². The summed E-state index contributed by atoms with van der Waals surface area (Å²) in [6.45, 7) is 0. The highest BCUT2D eigenvalue weighted by Crippen LogP contribution is 2.15. The zero-order valence-electron chi connectivity index (χ0n) is 7.57. The van der Waals surface area contributed by atoms with Crippen molar-refractivity contribution in [3.63, 3.8) is 0 Å². The summed E-state index contributed by atoms with van der Waals surface area (Å²) in [5, 5.41) is 1.20. The standard InChI is InChI=1S/C11H11NSi/c13-11-8-10(6-7-12-11)9-4-2-1-3-5-9/h1-8H,13H3. The van der Waals surface area contributed by atoms with E-state index in [1.807, 2.05) is 12.3 Å². The van der Waals surface area contributed by atoms with E-state index in [0.29, 0.717) is 0 Å². The summed E-state index contributed by atoms with van der Waals surface area (Å²) < 4.78 is 0. The fourth-order valence-electron chi connectivity index (χ4n) is 1.36. The van der Waals surface area contributed by atoms with Crippen LogP contribution < -0.4 is 5.32 Å². The monoisotopic (exact) mass is 185 g/mol. The second kappa shape index (κ2) is 3.54. The van der Waals surface area contributed by atoms with Crippen molar-refractivity contribution < 1.29 is 0 Å². The van der Waals surface area contributed by atoms with Crippen LogP contribution in [0.25, 0.3) is 11.1 Å². The fraction of sp³-hybridized carbons (Fsp3) is 0. The third kappa shape index (κ3) is 1.84. The minimum atomic E-state index is 1.01. The van der Waals surface area contributed by atoms with E-state index >= 15 is 0 Å². The zero-order valence-corrected chi connectivity index (χ0v) is 9.57. The Balaban J connectivity index is 2.48. The molecule has 2 rings (SSSR count). The maximum Gasteiger partial charge on any atom is 0.0623 e. The van der Waals surface area contributed by atoms with Gasteiger partial charge in [0.25, 0.3) is 0 Å². The number of hydrogen-bond acceptors (Lipinski definition) is 1. The molecule has 64 valence electrons. The number of rotatable bonds is 1. The van der Waals surface area contributed by atoms with Gasteiger partial charge in [-0.15, -0.1) is 0 Å². The third-order valence-electron chi connectivity index (χ3n) is 2.00. The number of benzene rings is 1. The highest BCUT2D eigenvalue weighted by Gasteiger charge is 1.95. The van der Waals surface area contributed by atoms with Crippen LogP contribution in [0.1, 0.15) is 0 Å². The van der Waals surface area contributed by atoms with Crippen molar-refractivity contribution in [1.82, 2.24) is 4.98 Å². The first-order valence-electron chi connectivity index (χ1n) is 4.34. The minimum Gasteiger partial charge on any atom is -0.267 e. The molecule has 1 aromatic heterocycles. The molecule has 0 aliphatic rings. The molecule has 0 bridgehead atoms. The molecule has 1 heterocycles. The number of nitrogens with zero attached hydrogens (tertiary/aromatic N) is 1. The zero-order chi connectivity index (χ0) is 9.10. The molecule has 1 nitrogen and oxygen atoms in total. The molecule has 1 aromatic carbocycles. The highest BCUT2D eigenvalue weighted by molar-refractivity contribution is 6.30. The molecule has 0 spiro atoms. The number of pyridine rings is 1. The maximum atomic E-state index is 4.23. The lowest BCUT2D eigenvalue weighted by Gasteiger charge is -2.00. The van der Waals surface area contributed by atoms with Crippen molar-refractivity contribution in [3.05, 3.63) is 48.7 Å². The van der Waals surface area contributed by atoms with Gasteiger partial charge in [-0.1, -0.05) is 30.3 Å². The first-order chi connectivity index (χ1) is 6.36. The van der Waals surface area contributed by atoms with Crippen molar-refractivity contribution in [2.45, 2.75) is 0 Å². The molecule has 2 heteroatoms. The summed E-state index contributed by atoms with van der Waals surface area (Å²) in [6.07, 6.45) is 1.88. The summed E-state index contributed by atoms with van der Waals surface area (Å²) in [5.74, 6) is 0. The smallest absolute Gasteiger partial charge is 0.0623 e. The molecule has 0 aliphatic heterocycles. The summed E-state index contributed by atoms with van der Waals surface area (Å²) in [7, 11) is 1.01.